The van der Waals surface area contributed by atoms with Gasteiger partial charge in [0.05, 0.1) is 24.5 Å². The molecule has 8 nitrogen and oxygen atoms in total. The molecule has 3 heterocycles. The lowest BCUT2D eigenvalue weighted by Gasteiger charge is -2.36. The summed E-state index contributed by atoms with van der Waals surface area (Å²) in [6.45, 7) is 3.24. The van der Waals surface area contributed by atoms with Crippen LogP contribution in [-0.4, -0.2) is 42.7 Å². The molecule has 1 N–H and O–H groups in total. The number of nitrogens with zero attached hydrogens (tertiary/aromatic N) is 5. The standard InChI is InChI=1S/C19H26N6O2/c26-18(14-24-8-4-7-20-19(24)27)21-12-15-11-17-13-23(9-10-25(17)22-15)16-5-2-1-3-6-16/h4,7-8,11,16H,1-3,5-6,9-10,12-14H2,(H,21,26). The van der Waals surface area contributed by atoms with Gasteiger partial charge in [0.25, 0.3) is 0 Å². The van der Waals surface area contributed by atoms with E-state index >= 15 is 0 Å². The van der Waals surface area contributed by atoms with Gasteiger partial charge in [-0.25, -0.2) is 9.78 Å². The normalized spacial score (nSPS) is 18.2. The van der Waals surface area contributed by atoms with Crippen molar-refractivity contribution < 1.29 is 4.79 Å². The zero-order valence-corrected chi connectivity index (χ0v) is 15.5. The third kappa shape index (κ3) is 4.27. The van der Waals surface area contributed by atoms with Gasteiger partial charge >= 0.3 is 5.69 Å². The largest absolute Gasteiger partial charge is 0.349 e. The first kappa shape index (κ1) is 17.9. The Morgan fingerprint density at radius 1 is 1.22 bits per heavy atom. The van der Waals surface area contributed by atoms with E-state index in [9.17, 15) is 9.59 Å². The van der Waals surface area contributed by atoms with Gasteiger partial charge in [-0.3, -0.25) is 18.9 Å². The third-order valence-corrected chi connectivity index (χ3v) is 5.53. The van der Waals surface area contributed by atoms with Crippen molar-refractivity contribution in [2.24, 2.45) is 0 Å². The molecule has 1 amide bonds. The molecule has 0 saturated heterocycles. The fraction of sp³-hybridized carbons (Fsp3) is 0.579. The Morgan fingerprint density at radius 3 is 2.89 bits per heavy atom. The summed E-state index contributed by atoms with van der Waals surface area (Å²) in [7, 11) is 0. The summed E-state index contributed by atoms with van der Waals surface area (Å²) in [6, 6.07) is 4.44. The quantitative estimate of drug-likeness (QED) is 0.845. The average Bonchev–Trinajstić information content (AvgIpc) is 3.11. The Bertz CT molecular complexity index is 852. The van der Waals surface area contributed by atoms with Crippen LogP contribution in [0.4, 0.5) is 0 Å². The average molecular weight is 370 g/mol. The van der Waals surface area contributed by atoms with E-state index in [0.717, 1.165) is 25.3 Å². The van der Waals surface area contributed by atoms with E-state index < -0.39 is 5.69 Å². The van der Waals surface area contributed by atoms with Crippen LogP contribution in [0.2, 0.25) is 0 Å². The molecule has 4 rings (SSSR count). The number of rotatable bonds is 5. The van der Waals surface area contributed by atoms with Gasteiger partial charge in [-0.05, 0) is 25.0 Å². The van der Waals surface area contributed by atoms with E-state index in [4.69, 9.17) is 0 Å². The van der Waals surface area contributed by atoms with Crippen LogP contribution in [0.3, 0.4) is 0 Å². The van der Waals surface area contributed by atoms with Gasteiger partial charge in [0.1, 0.15) is 6.54 Å². The molecule has 2 aliphatic rings. The summed E-state index contributed by atoms with van der Waals surface area (Å²) in [4.78, 5) is 29.9. The van der Waals surface area contributed by atoms with Crippen LogP contribution < -0.4 is 11.0 Å². The second kappa shape index (κ2) is 8.04. The van der Waals surface area contributed by atoms with Crippen LogP contribution >= 0.6 is 0 Å². The molecular formula is C19H26N6O2. The summed E-state index contributed by atoms with van der Waals surface area (Å²) < 4.78 is 3.35. The summed E-state index contributed by atoms with van der Waals surface area (Å²) >= 11 is 0. The first-order chi connectivity index (χ1) is 13.2. The van der Waals surface area contributed by atoms with Crippen molar-refractivity contribution in [1.29, 1.82) is 0 Å². The lowest BCUT2D eigenvalue weighted by atomic mass is 9.94. The fourth-order valence-corrected chi connectivity index (χ4v) is 4.10. The molecule has 1 saturated carbocycles. The molecule has 144 valence electrons. The molecule has 0 radical (unpaired) electrons. The van der Waals surface area contributed by atoms with E-state index in [1.807, 2.05) is 0 Å². The Labute approximate surface area is 158 Å². The molecule has 2 aromatic rings. The molecule has 0 aromatic carbocycles. The van der Waals surface area contributed by atoms with Crippen LogP contribution in [-0.2, 0) is 31.0 Å². The SMILES string of the molecule is O=C(Cn1cccnc1=O)NCc1cc2n(n1)CCN(C1CCCCC1)C2. The smallest absolute Gasteiger partial charge is 0.347 e. The van der Waals surface area contributed by atoms with Crippen molar-refractivity contribution in [3.63, 3.8) is 0 Å². The molecule has 2 aromatic heterocycles. The number of fused-ring (bicyclic) bond motifs is 1. The van der Waals surface area contributed by atoms with Crippen LogP contribution in [0.5, 0.6) is 0 Å². The van der Waals surface area contributed by atoms with Gasteiger partial charge in [-0.15, -0.1) is 0 Å². The molecule has 27 heavy (non-hydrogen) atoms. The maximum Gasteiger partial charge on any atom is 0.347 e. The van der Waals surface area contributed by atoms with Crippen LogP contribution in [0.15, 0.2) is 29.3 Å². The highest BCUT2D eigenvalue weighted by Gasteiger charge is 2.25. The number of hydrogen-bond acceptors (Lipinski definition) is 5. The first-order valence-electron chi connectivity index (χ1n) is 9.77. The predicted octanol–water partition coefficient (Wildman–Crippen LogP) is 0.904. The summed E-state index contributed by atoms with van der Waals surface area (Å²) in [5, 5.41) is 7.46. The lowest BCUT2D eigenvalue weighted by Crippen LogP contribution is -2.42. The van der Waals surface area contributed by atoms with Gasteiger partial charge in [-0.1, -0.05) is 19.3 Å². The second-order valence-corrected chi connectivity index (χ2v) is 7.42. The van der Waals surface area contributed by atoms with Gasteiger partial charge in [0.15, 0.2) is 0 Å². The van der Waals surface area contributed by atoms with E-state index in [1.165, 1.54) is 48.6 Å². The highest BCUT2D eigenvalue weighted by molar-refractivity contribution is 5.75. The van der Waals surface area contributed by atoms with E-state index in [1.54, 1.807) is 12.3 Å². The maximum absolute atomic E-state index is 12.1. The number of carbonyl (C=O) groups excluding carboxylic acids is 1. The molecule has 0 spiro atoms. The maximum atomic E-state index is 12.1. The Kier molecular flexibility index (Phi) is 5.33. The molecule has 0 atom stereocenters. The number of carbonyl (C=O) groups is 1. The van der Waals surface area contributed by atoms with Crippen molar-refractivity contribution in [3.05, 3.63) is 46.4 Å². The monoisotopic (exact) mass is 370 g/mol. The summed E-state index contributed by atoms with van der Waals surface area (Å²) in [5.74, 6) is -0.222. The third-order valence-electron chi connectivity index (χ3n) is 5.53. The van der Waals surface area contributed by atoms with Crippen molar-refractivity contribution in [3.8, 4) is 0 Å². The number of hydrogen-bond donors (Lipinski definition) is 1. The highest BCUT2D eigenvalue weighted by atomic mass is 16.2. The number of nitrogens with one attached hydrogen (secondary N) is 1. The van der Waals surface area contributed by atoms with Gasteiger partial charge < -0.3 is 5.32 Å². The Balaban J connectivity index is 1.32. The minimum Gasteiger partial charge on any atom is -0.349 e. The van der Waals surface area contributed by atoms with Crippen LogP contribution in [0.1, 0.15) is 43.5 Å². The lowest BCUT2D eigenvalue weighted by molar-refractivity contribution is -0.121. The van der Waals surface area contributed by atoms with Crippen molar-refractivity contribution in [1.82, 2.24) is 29.5 Å². The summed E-state index contributed by atoms with van der Waals surface area (Å²) in [5.41, 5.74) is 1.66. The van der Waals surface area contributed by atoms with Gasteiger partial charge in [0, 0.05) is 31.5 Å². The van der Waals surface area contributed by atoms with E-state index in [-0.39, 0.29) is 12.5 Å². The van der Waals surface area contributed by atoms with Crippen molar-refractivity contribution in [2.45, 2.75) is 64.3 Å². The zero-order chi connectivity index (χ0) is 18.6. The Morgan fingerprint density at radius 2 is 2.07 bits per heavy atom. The molecule has 1 aliphatic carbocycles. The Hall–Kier alpha value is -2.48. The second-order valence-electron chi connectivity index (χ2n) is 7.42. The van der Waals surface area contributed by atoms with Crippen molar-refractivity contribution >= 4 is 5.91 Å². The van der Waals surface area contributed by atoms with E-state index in [0.29, 0.717) is 12.6 Å². The zero-order valence-electron chi connectivity index (χ0n) is 15.5. The molecular weight excluding hydrogens is 344 g/mol. The summed E-state index contributed by atoms with van der Waals surface area (Å²) in [6.07, 6.45) is 9.66. The molecule has 0 unspecified atom stereocenters. The topological polar surface area (TPSA) is 85.0 Å². The molecule has 1 fully saturated rings. The number of amides is 1. The van der Waals surface area contributed by atoms with Crippen LogP contribution in [0, 0.1) is 0 Å². The minimum atomic E-state index is -0.423. The number of aromatic nitrogens is 4. The molecule has 1 aliphatic heterocycles. The fourth-order valence-electron chi connectivity index (χ4n) is 4.10. The molecule has 0 bridgehead atoms. The van der Waals surface area contributed by atoms with E-state index in [2.05, 4.69) is 31.0 Å². The minimum absolute atomic E-state index is 0.0320. The van der Waals surface area contributed by atoms with Crippen molar-refractivity contribution in [2.75, 3.05) is 6.54 Å². The van der Waals surface area contributed by atoms with Gasteiger partial charge in [-0.2, -0.15) is 5.10 Å². The van der Waals surface area contributed by atoms with Crippen LogP contribution in [0.25, 0.3) is 0 Å². The van der Waals surface area contributed by atoms with Gasteiger partial charge in [0.2, 0.25) is 5.91 Å². The predicted molar refractivity (Wildman–Crippen MR) is 99.9 cm³/mol. The molecule has 8 heteroatoms. The highest BCUT2D eigenvalue weighted by Crippen LogP contribution is 2.26. The first-order valence-corrected chi connectivity index (χ1v) is 9.77.